The maximum absolute atomic E-state index is 12.7. The van der Waals surface area contributed by atoms with Gasteiger partial charge in [-0.2, -0.15) is 0 Å². The molecule has 0 spiro atoms. The molecule has 0 saturated heterocycles. The van der Waals surface area contributed by atoms with Gasteiger partial charge in [-0.15, -0.1) is 12.4 Å². The average Bonchev–Trinajstić information content (AvgIpc) is 1.94. The third-order valence-electron chi connectivity index (χ3n) is 1.24. The van der Waals surface area contributed by atoms with Crippen LogP contribution in [-0.4, -0.2) is 5.84 Å². The normalized spacial score (nSPS) is 8.83. The molecule has 5 heteroatoms. The van der Waals surface area contributed by atoms with Crippen LogP contribution in [0.4, 0.5) is 4.39 Å². The second-order valence-corrected chi connectivity index (χ2v) is 2.81. The number of hydrogen-bond donors (Lipinski definition) is 2. The van der Waals surface area contributed by atoms with E-state index in [2.05, 4.69) is 15.9 Å². The second kappa shape index (κ2) is 4.42. The van der Waals surface area contributed by atoms with Crippen LogP contribution in [0.1, 0.15) is 5.56 Å². The summed E-state index contributed by atoms with van der Waals surface area (Å²) in [5.41, 5.74) is 5.55. The van der Waals surface area contributed by atoms with Crippen LogP contribution in [0.25, 0.3) is 0 Å². The highest BCUT2D eigenvalue weighted by Crippen LogP contribution is 2.19. The van der Waals surface area contributed by atoms with Crippen LogP contribution in [0, 0.1) is 11.2 Å². The molecule has 0 radical (unpaired) electrons. The van der Waals surface area contributed by atoms with Crippen LogP contribution >= 0.6 is 28.3 Å². The number of benzene rings is 1. The first-order valence-electron chi connectivity index (χ1n) is 2.91. The fraction of sp³-hybridized carbons (Fsp3) is 0. The van der Waals surface area contributed by atoms with Gasteiger partial charge in [0.05, 0.1) is 4.47 Å². The van der Waals surface area contributed by atoms with Crippen LogP contribution in [0.5, 0.6) is 0 Å². The third kappa shape index (κ3) is 2.19. The van der Waals surface area contributed by atoms with Gasteiger partial charge in [0.2, 0.25) is 0 Å². The highest BCUT2D eigenvalue weighted by atomic mass is 79.9. The predicted molar refractivity (Wildman–Crippen MR) is 52.4 cm³/mol. The summed E-state index contributed by atoms with van der Waals surface area (Å²) in [6.45, 7) is 0. The molecule has 0 atom stereocenters. The smallest absolute Gasteiger partial charge is 0.138 e. The van der Waals surface area contributed by atoms with Crippen molar-refractivity contribution in [3.63, 3.8) is 0 Å². The average molecular weight is 254 g/mol. The summed E-state index contributed by atoms with van der Waals surface area (Å²) in [4.78, 5) is 0. The summed E-state index contributed by atoms with van der Waals surface area (Å²) < 4.78 is 13.0. The molecule has 0 unspecified atom stereocenters. The van der Waals surface area contributed by atoms with E-state index in [1.165, 1.54) is 12.1 Å². The Morgan fingerprint density at radius 3 is 2.50 bits per heavy atom. The lowest BCUT2D eigenvalue weighted by molar-refractivity contribution is 0.620. The zero-order chi connectivity index (χ0) is 8.43. The molecule has 0 aliphatic carbocycles. The summed E-state index contributed by atoms with van der Waals surface area (Å²) in [6, 6.07) is 4.39. The first-order chi connectivity index (χ1) is 5.13. The standard InChI is InChI=1S/C7H6BrFN2.ClH/c8-6-4(7(10)11)2-1-3-5(6)9;/h1-3H,(H3,10,11);1H. The van der Waals surface area contributed by atoms with Crippen molar-refractivity contribution in [2.45, 2.75) is 0 Å². The van der Waals surface area contributed by atoms with E-state index in [1.54, 1.807) is 6.07 Å². The molecule has 0 amide bonds. The van der Waals surface area contributed by atoms with Crippen molar-refractivity contribution in [2.24, 2.45) is 5.73 Å². The van der Waals surface area contributed by atoms with E-state index in [0.717, 1.165) is 0 Å². The molecule has 2 nitrogen and oxygen atoms in total. The number of halogens is 3. The highest BCUT2D eigenvalue weighted by molar-refractivity contribution is 9.10. The van der Waals surface area contributed by atoms with Gasteiger partial charge in [0.15, 0.2) is 0 Å². The van der Waals surface area contributed by atoms with Crippen molar-refractivity contribution in [3.05, 3.63) is 34.1 Å². The van der Waals surface area contributed by atoms with Crippen molar-refractivity contribution in [1.29, 1.82) is 5.41 Å². The van der Waals surface area contributed by atoms with E-state index >= 15 is 0 Å². The Labute approximate surface area is 84.0 Å². The third-order valence-corrected chi connectivity index (χ3v) is 2.05. The van der Waals surface area contributed by atoms with Crippen LogP contribution in [0.15, 0.2) is 22.7 Å². The lowest BCUT2D eigenvalue weighted by Crippen LogP contribution is -2.12. The molecular formula is C7H7BrClFN2. The van der Waals surface area contributed by atoms with E-state index in [9.17, 15) is 4.39 Å². The van der Waals surface area contributed by atoms with Gasteiger partial charge in [0, 0.05) is 5.56 Å². The lowest BCUT2D eigenvalue weighted by atomic mass is 10.2. The zero-order valence-corrected chi connectivity index (χ0v) is 8.38. The molecule has 0 bridgehead atoms. The predicted octanol–water partition coefficient (Wildman–Crippen LogP) is 2.29. The summed E-state index contributed by atoms with van der Waals surface area (Å²) in [5.74, 6) is -0.547. The monoisotopic (exact) mass is 252 g/mol. The molecule has 0 heterocycles. The Morgan fingerprint density at radius 2 is 2.08 bits per heavy atom. The first kappa shape index (κ1) is 11.4. The summed E-state index contributed by atoms with van der Waals surface area (Å²) in [7, 11) is 0. The van der Waals surface area contributed by atoms with E-state index in [1.807, 2.05) is 0 Å². The summed E-state index contributed by atoms with van der Waals surface area (Å²) in [6.07, 6.45) is 0. The van der Waals surface area contributed by atoms with Crippen molar-refractivity contribution in [1.82, 2.24) is 0 Å². The maximum Gasteiger partial charge on any atom is 0.138 e. The Hall–Kier alpha value is -0.610. The van der Waals surface area contributed by atoms with Gasteiger partial charge >= 0.3 is 0 Å². The van der Waals surface area contributed by atoms with Gasteiger partial charge in [-0.1, -0.05) is 6.07 Å². The minimum Gasteiger partial charge on any atom is -0.384 e. The Kier molecular flexibility index (Phi) is 4.20. The van der Waals surface area contributed by atoms with E-state index < -0.39 is 5.82 Å². The van der Waals surface area contributed by atoms with Crippen molar-refractivity contribution in [2.75, 3.05) is 0 Å². The largest absolute Gasteiger partial charge is 0.384 e. The number of nitrogens with two attached hydrogens (primary N) is 1. The minimum atomic E-state index is -0.405. The van der Waals surface area contributed by atoms with Gasteiger partial charge in [0.1, 0.15) is 11.7 Å². The van der Waals surface area contributed by atoms with Gasteiger partial charge in [-0.05, 0) is 28.1 Å². The number of nitrogens with one attached hydrogen (secondary N) is 1. The van der Waals surface area contributed by atoms with Gasteiger partial charge in [-0.3, -0.25) is 5.41 Å². The molecule has 66 valence electrons. The quantitative estimate of drug-likeness (QED) is 0.585. The van der Waals surface area contributed by atoms with Gasteiger partial charge < -0.3 is 5.73 Å². The molecule has 0 aromatic heterocycles. The molecule has 0 saturated carbocycles. The second-order valence-electron chi connectivity index (χ2n) is 2.02. The van der Waals surface area contributed by atoms with Crippen molar-refractivity contribution >= 4 is 34.2 Å². The molecule has 1 rings (SSSR count). The Balaban J connectivity index is 0.00000121. The van der Waals surface area contributed by atoms with Crippen LogP contribution in [0.3, 0.4) is 0 Å². The highest BCUT2D eigenvalue weighted by Gasteiger charge is 2.05. The molecule has 1 aromatic rings. The molecule has 0 aliphatic rings. The van der Waals surface area contributed by atoms with Crippen LogP contribution in [-0.2, 0) is 0 Å². The number of hydrogen-bond acceptors (Lipinski definition) is 1. The molecule has 0 fully saturated rings. The zero-order valence-electron chi connectivity index (χ0n) is 5.97. The van der Waals surface area contributed by atoms with Gasteiger partial charge in [-0.25, -0.2) is 4.39 Å². The SMILES string of the molecule is Cl.N=C(N)c1cccc(F)c1Br. The fourth-order valence-corrected chi connectivity index (χ4v) is 1.19. The minimum absolute atomic E-state index is 0. The maximum atomic E-state index is 12.7. The van der Waals surface area contributed by atoms with Crippen molar-refractivity contribution < 1.29 is 4.39 Å². The van der Waals surface area contributed by atoms with Crippen LogP contribution in [0.2, 0.25) is 0 Å². The number of nitrogen functional groups attached to an aromatic ring is 1. The molecule has 3 N–H and O–H groups in total. The first-order valence-corrected chi connectivity index (χ1v) is 3.70. The lowest BCUT2D eigenvalue weighted by Gasteiger charge is -2.01. The fourth-order valence-electron chi connectivity index (χ4n) is 0.712. The Morgan fingerprint density at radius 1 is 1.50 bits per heavy atom. The van der Waals surface area contributed by atoms with Gasteiger partial charge in [0.25, 0.3) is 0 Å². The molecular weight excluding hydrogens is 246 g/mol. The topological polar surface area (TPSA) is 49.9 Å². The number of amidine groups is 1. The van der Waals surface area contributed by atoms with Crippen LogP contribution < -0.4 is 5.73 Å². The Bertz CT molecular complexity index is 303. The molecule has 12 heavy (non-hydrogen) atoms. The van der Waals surface area contributed by atoms with E-state index in [-0.39, 0.29) is 22.7 Å². The molecule has 1 aromatic carbocycles. The summed E-state index contributed by atoms with van der Waals surface area (Å²) >= 11 is 2.98. The summed E-state index contributed by atoms with van der Waals surface area (Å²) in [5, 5.41) is 7.05. The van der Waals surface area contributed by atoms with E-state index in [4.69, 9.17) is 11.1 Å². The van der Waals surface area contributed by atoms with E-state index in [0.29, 0.717) is 5.56 Å². The number of rotatable bonds is 1. The van der Waals surface area contributed by atoms with Crippen molar-refractivity contribution in [3.8, 4) is 0 Å². The molecule has 0 aliphatic heterocycles.